The van der Waals surface area contributed by atoms with Crippen LogP contribution in [-0.2, 0) is 6.54 Å². The van der Waals surface area contributed by atoms with Gasteiger partial charge >= 0.3 is 0 Å². The van der Waals surface area contributed by atoms with E-state index in [4.69, 9.17) is 23.2 Å². The Morgan fingerprint density at radius 3 is 2.47 bits per heavy atom. The number of rotatable bonds is 9. The first-order valence-corrected chi connectivity index (χ1v) is 11.1. The van der Waals surface area contributed by atoms with Gasteiger partial charge < -0.3 is 10.4 Å². The Balaban J connectivity index is 2.28. The highest BCUT2D eigenvalue weighted by molar-refractivity contribution is 6.36. The molecule has 2 N–H and O–H groups in total. The second kappa shape index (κ2) is 9.86. The normalized spacial score (nSPS) is 11.6. The van der Waals surface area contributed by atoms with E-state index < -0.39 is 0 Å². The molecular formula is C22H28Cl2N4O2. The second-order valence-corrected chi connectivity index (χ2v) is 8.33. The SMILES string of the molecule is CCCC(CCC)Nc1cc(C)nc2c(-c3ccc(Cl)cc3Cl)c(=O)n(CCO)n12. The third-order valence-electron chi connectivity index (χ3n) is 5.11. The van der Waals surface area contributed by atoms with Gasteiger partial charge in [0.1, 0.15) is 5.82 Å². The fourth-order valence-corrected chi connectivity index (χ4v) is 4.37. The molecule has 0 radical (unpaired) electrons. The van der Waals surface area contributed by atoms with Crippen molar-refractivity contribution in [3.63, 3.8) is 0 Å². The first-order valence-electron chi connectivity index (χ1n) is 10.4. The van der Waals surface area contributed by atoms with Gasteiger partial charge in [-0.2, -0.15) is 0 Å². The van der Waals surface area contributed by atoms with Gasteiger partial charge in [0.2, 0.25) is 0 Å². The van der Waals surface area contributed by atoms with E-state index in [0.29, 0.717) is 26.8 Å². The van der Waals surface area contributed by atoms with E-state index in [1.165, 1.54) is 4.68 Å². The van der Waals surface area contributed by atoms with Crippen LogP contribution in [-0.4, -0.2) is 31.9 Å². The van der Waals surface area contributed by atoms with Gasteiger partial charge in [0.05, 0.1) is 23.7 Å². The molecule has 0 unspecified atom stereocenters. The lowest BCUT2D eigenvalue weighted by molar-refractivity contribution is 0.265. The van der Waals surface area contributed by atoms with Crippen LogP contribution in [0.3, 0.4) is 0 Å². The van der Waals surface area contributed by atoms with Crippen LogP contribution >= 0.6 is 23.2 Å². The van der Waals surface area contributed by atoms with E-state index in [0.717, 1.165) is 37.2 Å². The van der Waals surface area contributed by atoms with Gasteiger partial charge in [0.15, 0.2) is 5.65 Å². The monoisotopic (exact) mass is 450 g/mol. The molecule has 3 rings (SSSR count). The lowest BCUT2D eigenvalue weighted by Crippen LogP contribution is -2.26. The molecule has 0 saturated heterocycles. The first kappa shape index (κ1) is 22.7. The number of nitrogens with zero attached hydrogens (tertiary/aromatic N) is 3. The van der Waals surface area contributed by atoms with E-state index >= 15 is 0 Å². The zero-order chi connectivity index (χ0) is 21.8. The predicted octanol–water partition coefficient (Wildman–Crippen LogP) is 5.15. The number of anilines is 1. The molecule has 2 aromatic heterocycles. The van der Waals surface area contributed by atoms with Gasteiger partial charge in [0, 0.05) is 28.4 Å². The van der Waals surface area contributed by atoms with Crippen molar-refractivity contribution >= 4 is 34.7 Å². The highest BCUT2D eigenvalue weighted by Crippen LogP contribution is 2.32. The predicted molar refractivity (Wildman–Crippen MR) is 124 cm³/mol. The lowest BCUT2D eigenvalue weighted by atomic mass is 10.1. The summed E-state index contributed by atoms with van der Waals surface area (Å²) in [7, 11) is 0. The third-order valence-corrected chi connectivity index (χ3v) is 5.66. The number of aliphatic hydroxyl groups is 1. The smallest absolute Gasteiger partial charge is 0.277 e. The van der Waals surface area contributed by atoms with Crippen LogP contribution in [0.15, 0.2) is 29.1 Å². The maximum Gasteiger partial charge on any atom is 0.277 e. The maximum absolute atomic E-state index is 13.4. The fraction of sp³-hybridized carbons (Fsp3) is 0.455. The summed E-state index contributed by atoms with van der Waals surface area (Å²) in [5, 5.41) is 14.1. The molecule has 2 heterocycles. The molecule has 8 heteroatoms. The lowest BCUT2D eigenvalue weighted by Gasteiger charge is -2.21. The van der Waals surface area contributed by atoms with Gasteiger partial charge in [-0.25, -0.2) is 14.2 Å². The van der Waals surface area contributed by atoms with Gasteiger partial charge in [-0.05, 0) is 31.9 Å². The van der Waals surface area contributed by atoms with Crippen molar-refractivity contribution in [2.24, 2.45) is 0 Å². The highest BCUT2D eigenvalue weighted by atomic mass is 35.5. The molecule has 162 valence electrons. The fourth-order valence-electron chi connectivity index (χ4n) is 3.86. The molecule has 0 saturated carbocycles. The van der Waals surface area contributed by atoms with Crippen molar-refractivity contribution in [1.29, 1.82) is 0 Å². The number of aryl methyl sites for hydroxylation is 1. The van der Waals surface area contributed by atoms with Crippen LogP contribution in [0, 0.1) is 6.92 Å². The van der Waals surface area contributed by atoms with E-state index in [-0.39, 0.29) is 24.8 Å². The largest absolute Gasteiger partial charge is 0.394 e. The summed E-state index contributed by atoms with van der Waals surface area (Å²) in [5.74, 6) is 0.784. The standard InChI is InChI=1S/C22H28Cl2N4O2/c1-4-6-16(7-5-2)26-19-12-14(3)25-21-20(17-9-8-15(23)13-18(17)24)22(30)27(10-11-29)28(19)21/h8-9,12-13,16,26,29H,4-7,10-11H2,1-3H3. The Bertz CT molecular complexity index is 1080. The number of aromatic nitrogens is 3. The van der Waals surface area contributed by atoms with Crippen molar-refractivity contribution in [3.8, 4) is 11.1 Å². The number of hydrogen-bond donors (Lipinski definition) is 2. The van der Waals surface area contributed by atoms with Crippen LogP contribution in [0.25, 0.3) is 16.8 Å². The molecule has 30 heavy (non-hydrogen) atoms. The number of aliphatic hydroxyl groups excluding tert-OH is 1. The quantitative estimate of drug-likeness (QED) is 0.472. The Labute approximate surface area is 186 Å². The molecule has 0 bridgehead atoms. The Kier molecular flexibility index (Phi) is 7.45. The van der Waals surface area contributed by atoms with E-state index in [2.05, 4.69) is 24.1 Å². The van der Waals surface area contributed by atoms with Crippen LogP contribution in [0.4, 0.5) is 5.82 Å². The molecule has 0 fully saturated rings. The molecule has 0 aliphatic carbocycles. The second-order valence-electron chi connectivity index (χ2n) is 7.49. The summed E-state index contributed by atoms with van der Waals surface area (Å²) in [6.07, 6.45) is 4.17. The molecule has 3 aromatic rings. The Hall–Kier alpha value is -2.02. The zero-order valence-electron chi connectivity index (χ0n) is 17.6. The summed E-state index contributed by atoms with van der Waals surface area (Å²) in [6.45, 7) is 6.21. The topological polar surface area (TPSA) is 71.6 Å². The van der Waals surface area contributed by atoms with E-state index in [1.54, 1.807) is 22.7 Å². The number of nitrogens with one attached hydrogen (secondary N) is 1. The van der Waals surface area contributed by atoms with E-state index in [1.807, 2.05) is 13.0 Å². The minimum absolute atomic E-state index is 0.150. The van der Waals surface area contributed by atoms with Crippen LogP contribution in [0.5, 0.6) is 0 Å². The number of fused-ring (bicyclic) bond motifs is 1. The minimum atomic E-state index is -0.253. The van der Waals surface area contributed by atoms with Gasteiger partial charge in [-0.1, -0.05) is 56.0 Å². The summed E-state index contributed by atoms with van der Waals surface area (Å²) in [6, 6.07) is 7.28. The van der Waals surface area contributed by atoms with Crippen molar-refractivity contribution < 1.29 is 5.11 Å². The molecule has 0 aliphatic rings. The number of halogens is 2. The van der Waals surface area contributed by atoms with Crippen molar-refractivity contribution in [2.75, 3.05) is 11.9 Å². The van der Waals surface area contributed by atoms with Crippen molar-refractivity contribution in [2.45, 2.75) is 59.0 Å². The zero-order valence-corrected chi connectivity index (χ0v) is 19.1. The van der Waals surface area contributed by atoms with Gasteiger partial charge in [0.25, 0.3) is 5.56 Å². The average molecular weight is 451 g/mol. The first-order chi connectivity index (χ1) is 14.4. The minimum Gasteiger partial charge on any atom is -0.394 e. The molecule has 0 spiro atoms. The third kappa shape index (κ3) is 4.51. The molecule has 0 aliphatic heterocycles. The van der Waals surface area contributed by atoms with Crippen molar-refractivity contribution in [1.82, 2.24) is 14.2 Å². The number of hydrogen-bond acceptors (Lipinski definition) is 4. The van der Waals surface area contributed by atoms with Gasteiger partial charge in [-0.3, -0.25) is 4.79 Å². The van der Waals surface area contributed by atoms with Crippen LogP contribution in [0.2, 0.25) is 10.0 Å². The molecule has 6 nitrogen and oxygen atoms in total. The highest BCUT2D eigenvalue weighted by Gasteiger charge is 2.23. The Morgan fingerprint density at radius 2 is 1.87 bits per heavy atom. The van der Waals surface area contributed by atoms with Crippen LogP contribution < -0.4 is 10.9 Å². The average Bonchev–Trinajstić information content (AvgIpc) is 2.94. The van der Waals surface area contributed by atoms with Crippen molar-refractivity contribution in [3.05, 3.63) is 50.4 Å². The molecule has 0 atom stereocenters. The van der Waals surface area contributed by atoms with Gasteiger partial charge in [-0.15, -0.1) is 0 Å². The summed E-state index contributed by atoms with van der Waals surface area (Å²) >= 11 is 12.5. The molecule has 0 amide bonds. The molecular weight excluding hydrogens is 423 g/mol. The van der Waals surface area contributed by atoms with Crippen LogP contribution in [0.1, 0.15) is 45.2 Å². The maximum atomic E-state index is 13.4. The summed E-state index contributed by atoms with van der Waals surface area (Å²) in [5.41, 5.74) is 2.02. The van der Waals surface area contributed by atoms with E-state index in [9.17, 15) is 9.90 Å². The Morgan fingerprint density at radius 1 is 1.17 bits per heavy atom. The number of benzene rings is 1. The molecule has 1 aromatic carbocycles. The summed E-state index contributed by atoms with van der Waals surface area (Å²) in [4.78, 5) is 18.1. The summed E-state index contributed by atoms with van der Waals surface area (Å²) < 4.78 is 3.28.